The molecule has 0 unspecified atom stereocenters. The lowest BCUT2D eigenvalue weighted by Crippen LogP contribution is -2.15. The standard InChI is InChI=1S/C20H17FN4O5/c21-13-10-22-20(24-14-3-1-11(7-15(14)26)8-18(27)28)25-19(13)23-12-2-4-16-17(9-12)30-6-5-29-16/h1-4,8-10,26H,5-7H2,(H,27,28)(H2,22,23,24,25). The van der Waals surface area contributed by atoms with Crippen LogP contribution in [0.4, 0.5) is 21.8 Å². The molecule has 0 amide bonds. The number of carboxylic acids is 1. The third-order valence-corrected chi connectivity index (χ3v) is 4.25. The summed E-state index contributed by atoms with van der Waals surface area (Å²) in [5.41, 5.74) is 1.27. The first-order valence-corrected chi connectivity index (χ1v) is 8.98. The Bertz CT molecular complexity index is 1100. The van der Waals surface area contributed by atoms with Gasteiger partial charge in [-0.05, 0) is 23.8 Å². The molecule has 0 saturated carbocycles. The summed E-state index contributed by atoms with van der Waals surface area (Å²) < 4.78 is 25.2. The summed E-state index contributed by atoms with van der Waals surface area (Å²) in [6.07, 6.45) is 5.08. The number of halogens is 1. The fraction of sp³-hybridized carbons (Fsp3) is 0.150. The molecule has 1 aliphatic heterocycles. The van der Waals surface area contributed by atoms with Crippen LogP contribution in [0.25, 0.3) is 0 Å². The fourth-order valence-electron chi connectivity index (χ4n) is 2.90. The number of ether oxygens (including phenoxy) is 2. The van der Waals surface area contributed by atoms with E-state index in [1.807, 2.05) is 0 Å². The Labute approximate surface area is 170 Å². The van der Waals surface area contributed by atoms with Gasteiger partial charge in [-0.2, -0.15) is 4.98 Å². The van der Waals surface area contributed by atoms with E-state index >= 15 is 0 Å². The summed E-state index contributed by atoms with van der Waals surface area (Å²) >= 11 is 0. The molecular formula is C20H17FN4O5. The molecule has 1 aliphatic carbocycles. The summed E-state index contributed by atoms with van der Waals surface area (Å²) in [4.78, 5) is 18.7. The second-order valence-corrected chi connectivity index (χ2v) is 6.43. The van der Waals surface area contributed by atoms with Gasteiger partial charge in [0.1, 0.15) is 19.0 Å². The number of fused-ring (bicyclic) bond motifs is 1. The number of anilines is 3. The van der Waals surface area contributed by atoms with E-state index in [0.717, 1.165) is 12.3 Å². The van der Waals surface area contributed by atoms with Gasteiger partial charge in [0.05, 0.1) is 11.9 Å². The molecule has 10 heteroatoms. The van der Waals surface area contributed by atoms with E-state index in [0.29, 0.717) is 36.0 Å². The first-order chi connectivity index (χ1) is 14.5. The fourth-order valence-corrected chi connectivity index (χ4v) is 2.90. The molecule has 1 aromatic heterocycles. The third-order valence-electron chi connectivity index (χ3n) is 4.25. The highest BCUT2D eigenvalue weighted by Gasteiger charge is 2.16. The highest BCUT2D eigenvalue weighted by atomic mass is 19.1. The van der Waals surface area contributed by atoms with Crippen LogP contribution >= 0.6 is 0 Å². The molecular weight excluding hydrogens is 395 g/mol. The van der Waals surface area contributed by atoms with E-state index in [1.165, 1.54) is 6.08 Å². The smallest absolute Gasteiger partial charge is 0.328 e. The zero-order chi connectivity index (χ0) is 21.1. The van der Waals surface area contributed by atoms with Crippen molar-refractivity contribution in [3.05, 3.63) is 65.5 Å². The van der Waals surface area contributed by atoms with Crippen molar-refractivity contribution >= 4 is 23.4 Å². The average molecular weight is 412 g/mol. The Kier molecular flexibility index (Phi) is 5.21. The topological polar surface area (TPSA) is 126 Å². The predicted molar refractivity (Wildman–Crippen MR) is 105 cm³/mol. The zero-order valence-electron chi connectivity index (χ0n) is 15.6. The van der Waals surface area contributed by atoms with Crippen LogP contribution in [0, 0.1) is 5.82 Å². The van der Waals surface area contributed by atoms with Crippen LogP contribution in [-0.2, 0) is 4.79 Å². The van der Waals surface area contributed by atoms with E-state index in [9.17, 15) is 14.3 Å². The summed E-state index contributed by atoms with van der Waals surface area (Å²) in [7, 11) is 0. The molecule has 0 saturated heterocycles. The molecule has 1 aromatic carbocycles. The summed E-state index contributed by atoms with van der Waals surface area (Å²) in [5.74, 6) is -0.718. The number of aliphatic hydroxyl groups excluding tert-OH is 1. The van der Waals surface area contributed by atoms with Crippen LogP contribution in [0.1, 0.15) is 6.42 Å². The van der Waals surface area contributed by atoms with E-state index in [2.05, 4.69) is 20.6 Å². The van der Waals surface area contributed by atoms with Gasteiger partial charge in [0.25, 0.3) is 0 Å². The number of hydrogen-bond acceptors (Lipinski definition) is 8. The van der Waals surface area contributed by atoms with Crippen LogP contribution in [0.3, 0.4) is 0 Å². The quantitative estimate of drug-likeness (QED) is 0.547. The van der Waals surface area contributed by atoms with Gasteiger partial charge in [-0.15, -0.1) is 0 Å². The van der Waals surface area contributed by atoms with E-state index in [4.69, 9.17) is 14.6 Å². The summed E-state index contributed by atoms with van der Waals surface area (Å²) in [6, 6.07) is 5.10. The SMILES string of the molecule is O=C(O)C=C1C=CC(Nc2ncc(F)c(Nc3ccc4c(c3)OCCO4)n2)=C(O)C1. The second kappa shape index (κ2) is 8.11. The number of rotatable bonds is 5. The van der Waals surface area contributed by atoms with E-state index in [1.54, 1.807) is 24.3 Å². The van der Waals surface area contributed by atoms with Crippen LogP contribution in [0.5, 0.6) is 11.5 Å². The van der Waals surface area contributed by atoms with Gasteiger partial charge in [0.15, 0.2) is 23.1 Å². The minimum absolute atomic E-state index is 0.0363. The Morgan fingerprint density at radius 2 is 1.97 bits per heavy atom. The molecule has 30 heavy (non-hydrogen) atoms. The average Bonchev–Trinajstić information content (AvgIpc) is 2.72. The first kappa shape index (κ1) is 19.2. The van der Waals surface area contributed by atoms with Crippen LogP contribution in [-0.4, -0.2) is 39.4 Å². The van der Waals surface area contributed by atoms with Gasteiger partial charge in [-0.3, -0.25) is 0 Å². The molecule has 4 N–H and O–H groups in total. The molecule has 0 fully saturated rings. The van der Waals surface area contributed by atoms with Crippen molar-refractivity contribution in [3.63, 3.8) is 0 Å². The Morgan fingerprint density at radius 1 is 1.17 bits per heavy atom. The van der Waals surface area contributed by atoms with Crippen molar-refractivity contribution in [1.29, 1.82) is 0 Å². The van der Waals surface area contributed by atoms with E-state index < -0.39 is 11.8 Å². The van der Waals surface area contributed by atoms with Crippen molar-refractivity contribution in [2.45, 2.75) is 6.42 Å². The first-order valence-electron chi connectivity index (χ1n) is 8.98. The lowest BCUT2D eigenvalue weighted by Gasteiger charge is -2.19. The maximum absolute atomic E-state index is 14.2. The molecule has 154 valence electrons. The Hall–Kier alpha value is -4.08. The molecule has 0 radical (unpaired) electrons. The number of allylic oxidation sites excluding steroid dienone is 3. The number of carboxylic acid groups (broad SMARTS) is 1. The maximum Gasteiger partial charge on any atom is 0.328 e. The second-order valence-electron chi connectivity index (χ2n) is 6.43. The number of benzene rings is 1. The zero-order valence-corrected chi connectivity index (χ0v) is 15.6. The van der Waals surface area contributed by atoms with Crippen molar-refractivity contribution in [1.82, 2.24) is 9.97 Å². The Balaban J connectivity index is 1.51. The largest absolute Gasteiger partial charge is 0.510 e. The molecule has 2 heterocycles. The van der Waals surface area contributed by atoms with Crippen molar-refractivity contribution in [2.75, 3.05) is 23.8 Å². The van der Waals surface area contributed by atoms with Gasteiger partial charge < -0.3 is 30.3 Å². The Morgan fingerprint density at radius 3 is 2.73 bits per heavy atom. The lowest BCUT2D eigenvalue weighted by molar-refractivity contribution is -0.131. The number of nitrogens with one attached hydrogen (secondary N) is 2. The number of aliphatic hydroxyl groups is 1. The molecule has 2 aliphatic rings. The van der Waals surface area contributed by atoms with Gasteiger partial charge in [0.2, 0.25) is 5.95 Å². The van der Waals surface area contributed by atoms with Crippen molar-refractivity contribution < 1.29 is 28.9 Å². The molecule has 0 atom stereocenters. The highest BCUT2D eigenvalue weighted by molar-refractivity contribution is 5.81. The molecule has 4 rings (SSSR count). The monoisotopic (exact) mass is 412 g/mol. The number of hydrogen-bond donors (Lipinski definition) is 4. The number of aromatic nitrogens is 2. The van der Waals surface area contributed by atoms with Crippen LogP contribution in [0.2, 0.25) is 0 Å². The molecule has 0 spiro atoms. The molecule has 9 nitrogen and oxygen atoms in total. The van der Waals surface area contributed by atoms with E-state index in [-0.39, 0.29) is 29.6 Å². The van der Waals surface area contributed by atoms with Gasteiger partial charge in [-0.25, -0.2) is 14.2 Å². The number of carbonyl (C=O) groups is 1. The predicted octanol–water partition coefficient (Wildman–Crippen LogP) is 3.28. The number of nitrogens with zero attached hydrogens (tertiary/aromatic N) is 2. The highest BCUT2D eigenvalue weighted by Crippen LogP contribution is 2.33. The van der Waals surface area contributed by atoms with Gasteiger partial charge >= 0.3 is 5.97 Å². The minimum Gasteiger partial charge on any atom is -0.510 e. The van der Waals surface area contributed by atoms with Crippen molar-refractivity contribution in [2.24, 2.45) is 0 Å². The normalized spacial score (nSPS) is 16.5. The van der Waals surface area contributed by atoms with Crippen LogP contribution < -0.4 is 20.1 Å². The van der Waals surface area contributed by atoms with Crippen molar-refractivity contribution in [3.8, 4) is 11.5 Å². The van der Waals surface area contributed by atoms with Crippen LogP contribution in [0.15, 0.2) is 59.7 Å². The summed E-state index contributed by atoms with van der Waals surface area (Å²) in [5, 5.41) is 24.6. The van der Waals surface area contributed by atoms with Gasteiger partial charge in [0, 0.05) is 24.3 Å². The third kappa shape index (κ3) is 4.32. The lowest BCUT2D eigenvalue weighted by atomic mass is 10.0. The van der Waals surface area contributed by atoms with Gasteiger partial charge in [-0.1, -0.05) is 6.08 Å². The molecule has 2 aromatic rings. The number of aliphatic carboxylic acids is 1. The molecule has 0 bridgehead atoms. The maximum atomic E-state index is 14.2. The summed E-state index contributed by atoms with van der Waals surface area (Å²) in [6.45, 7) is 0.905. The minimum atomic E-state index is -1.10.